The number of fused-ring (bicyclic) bond motifs is 1. The van der Waals surface area contributed by atoms with Crippen LogP contribution in [0.2, 0.25) is 5.02 Å². The average Bonchev–Trinajstić information content (AvgIpc) is 2.94. The first-order valence-electron chi connectivity index (χ1n) is 6.48. The number of nitrogens with one attached hydrogen (secondary N) is 1. The number of benzene rings is 1. The van der Waals surface area contributed by atoms with E-state index in [9.17, 15) is 13.2 Å². The fourth-order valence-electron chi connectivity index (χ4n) is 2.98. The minimum absolute atomic E-state index is 0.0135. The van der Waals surface area contributed by atoms with Gasteiger partial charge in [0.1, 0.15) is 4.90 Å². The number of carbonyl (C=O) groups excluding carboxylic acids is 1. The summed E-state index contributed by atoms with van der Waals surface area (Å²) in [6.07, 6.45) is 3.18. The summed E-state index contributed by atoms with van der Waals surface area (Å²) in [6.45, 7) is 0. The van der Waals surface area contributed by atoms with Crippen molar-refractivity contribution in [2.75, 3.05) is 5.32 Å². The maximum absolute atomic E-state index is 12.1. The Hall–Kier alpha value is -1.11. The summed E-state index contributed by atoms with van der Waals surface area (Å²) >= 11 is 5.88. The summed E-state index contributed by atoms with van der Waals surface area (Å²) in [6, 6.07) is 4.22. The van der Waals surface area contributed by atoms with E-state index in [2.05, 4.69) is 5.32 Å². The van der Waals surface area contributed by atoms with Crippen molar-refractivity contribution in [1.29, 1.82) is 0 Å². The van der Waals surface area contributed by atoms with E-state index in [0.717, 1.165) is 24.7 Å². The molecule has 2 unspecified atom stereocenters. The largest absolute Gasteiger partial charge is 0.326 e. The van der Waals surface area contributed by atoms with Gasteiger partial charge in [0, 0.05) is 11.6 Å². The number of hydrogen-bond acceptors (Lipinski definition) is 3. The van der Waals surface area contributed by atoms with Gasteiger partial charge in [-0.1, -0.05) is 11.6 Å². The molecule has 2 aliphatic carbocycles. The monoisotopic (exact) mass is 314 g/mol. The van der Waals surface area contributed by atoms with Crippen LogP contribution in [0.25, 0.3) is 0 Å². The summed E-state index contributed by atoms with van der Waals surface area (Å²) in [4.78, 5) is 11.9. The van der Waals surface area contributed by atoms with Crippen LogP contribution in [-0.4, -0.2) is 14.3 Å². The van der Waals surface area contributed by atoms with E-state index < -0.39 is 10.0 Å². The normalized spacial score (nSPS) is 28.0. The van der Waals surface area contributed by atoms with Crippen molar-refractivity contribution in [3.8, 4) is 0 Å². The summed E-state index contributed by atoms with van der Waals surface area (Å²) in [5.41, 5.74) is 0.493. The molecule has 2 saturated carbocycles. The third-order valence-electron chi connectivity index (χ3n) is 4.12. The summed E-state index contributed by atoms with van der Waals surface area (Å²) in [7, 11) is -3.84. The van der Waals surface area contributed by atoms with E-state index in [0.29, 0.717) is 5.69 Å². The Balaban J connectivity index is 1.71. The SMILES string of the molecule is NS(=O)(=O)c1ccc(NC(=O)C2CC3CC3C2)cc1Cl. The number of primary sulfonamides is 1. The number of halogens is 1. The molecule has 0 radical (unpaired) electrons. The molecule has 0 saturated heterocycles. The lowest BCUT2D eigenvalue weighted by Gasteiger charge is -2.13. The van der Waals surface area contributed by atoms with Gasteiger partial charge in [-0.3, -0.25) is 4.79 Å². The summed E-state index contributed by atoms with van der Waals surface area (Å²) in [5.74, 6) is 1.52. The van der Waals surface area contributed by atoms with Gasteiger partial charge in [0.05, 0.1) is 5.02 Å². The number of carbonyl (C=O) groups is 1. The number of anilines is 1. The number of sulfonamides is 1. The van der Waals surface area contributed by atoms with Crippen LogP contribution in [0.15, 0.2) is 23.1 Å². The predicted molar refractivity (Wildman–Crippen MR) is 75.8 cm³/mol. The van der Waals surface area contributed by atoms with Crippen molar-refractivity contribution in [3.63, 3.8) is 0 Å². The van der Waals surface area contributed by atoms with Gasteiger partial charge >= 0.3 is 0 Å². The first-order valence-corrected chi connectivity index (χ1v) is 8.40. The Morgan fingerprint density at radius 1 is 1.25 bits per heavy atom. The number of amides is 1. The van der Waals surface area contributed by atoms with E-state index in [1.54, 1.807) is 0 Å². The van der Waals surface area contributed by atoms with Crippen LogP contribution in [0, 0.1) is 17.8 Å². The molecule has 0 aromatic heterocycles. The van der Waals surface area contributed by atoms with Crippen LogP contribution < -0.4 is 10.5 Å². The molecule has 2 aliphatic rings. The first-order chi connectivity index (χ1) is 9.34. The van der Waals surface area contributed by atoms with E-state index >= 15 is 0 Å². The molecule has 7 heteroatoms. The van der Waals surface area contributed by atoms with E-state index in [1.165, 1.54) is 24.6 Å². The topological polar surface area (TPSA) is 89.3 Å². The molecule has 2 atom stereocenters. The molecule has 3 rings (SSSR count). The van der Waals surface area contributed by atoms with Gasteiger partial charge in [-0.05, 0) is 49.3 Å². The molecule has 5 nitrogen and oxygen atoms in total. The zero-order chi connectivity index (χ0) is 14.5. The smallest absolute Gasteiger partial charge is 0.239 e. The first kappa shape index (κ1) is 13.9. The van der Waals surface area contributed by atoms with Crippen molar-refractivity contribution in [2.45, 2.75) is 24.2 Å². The lowest BCUT2D eigenvalue weighted by Crippen LogP contribution is -2.21. The van der Waals surface area contributed by atoms with Crippen molar-refractivity contribution in [2.24, 2.45) is 22.9 Å². The second-order valence-electron chi connectivity index (χ2n) is 5.60. The van der Waals surface area contributed by atoms with Gasteiger partial charge in [-0.25, -0.2) is 13.6 Å². The molecular formula is C13H15ClN2O3S. The molecule has 1 aromatic carbocycles. The molecule has 0 bridgehead atoms. The van der Waals surface area contributed by atoms with Crippen LogP contribution in [0.5, 0.6) is 0 Å². The molecule has 3 N–H and O–H groups in total. The molecule has 20 heavy (non-hydrogen) atoms. The Morgan fingerprint density at radius 3 is 2.45 bits per heavy atom. The zero-order valence-corrected chi connectivity index (χ0v) is 12.2. The molecule has 0 spiro atoms. The minimum Gasteiger partial charge on any atom is -0.326 e. The highest BCUT2D eigenvalue weighted by atomic mass is 35.5. The predicted octanol–water partition coefficient (Wildman–Crippen LogP) is 1.97. The molecule has 2 fully saturated rings. The maximum Gasteiger partial charge on any atom is 0.239 e. The molecule has 1 amide bonds. The van der Waals surface area contributed by atoms with E-state index in [1.807, 2.05) is 0 Å². The molecule has 1 aromatic rings. The van der Waals surface area contributed by atoms with Crippen LogP contribution in [-0.2, 0) is 14.8 Å². The summed E-state index contributed by atoms with van der Waals surface area (Å²) < 4.78 is 22.5. The van der Waals surface area contributed by atoms with Crippen LogP contribution in [0.4, 0.5) is 5.69 Å². The lowest BCUT2D eigenvalue weighted by molar-refractivity contribution is -0.120. The van der Waals surface area contributed by atoms with E-state index in [4.69, 9.17) is 16.7 Å². The number of rotatable bonds is 3. The fraction of sp³-hybridized carbons (Fsp3) is 0.462. The zero-order valence-electron chi connectivity index (χ0n) is 10.7. The summed E-state index contributed by atoms with van der Waals surface area (Å²) in [5, 5.41) is 7.83. The van der Waals surface area contributed by atoms with Crippen LogP contribution in [0.3, 0.4) is 0 Å². The van der Waals surface area contributed by atoms with Crippen molar-refractivity contribution >= 4 is 33.2 Å². The van der Waals surface area contributed by atoms with Crippen molar-refractivity contribution < 1.29 is 13.2 Å². The van der Waals surface area contributed by atoms with Gasteiger partial charge in [-0.2, -0.15) is 0 Å². The fourth-order valence-corrected chi connectivity index (χ4v) is 4.07. The Bertz CT molecular complexity index is 664. The second-order valence-corrected chi connectivity index (χ2v) is 7.54. The third kappa shape index (κ3) is 2.68. The van der Waals surface area contributed by atoms with Crippen LogP contribution >= 0.6 is 11.6 Å². The molecular weight excluding hydrogens is 300 g/mol. The van der Waals surface area contributed by atoms with E-state index in [-0.39, 0.29) is 21.7 Å². The maximum atomic E-state index is 12.1. The lowest BCUT2D eigenvalue weighted by atomic mass is 10.0. The number of hydrogen-bond donors (Lipinski definition) is 2. The third-order valence-corrected chi connectivity index (χ3v) is 5.51. The molecule has 0 aliphatic heterocycles. The Kier molecular flexibility index (Phi) is 3.27. The van der Waals surface area contributed by atoms with Gasteiger partial charge in [0.2, 0.25) is 15.9 Å². The quantitative estimate of drug-likeness (QED) is 0.894. The van der Waals surface area contributed by atoms with Gasteiger partial charge in [0.15, 0.2) is 0 Å². The Labute approximate surface area is 122 Å². The standard InChI is InChI=1S/C13H15ClN2O3S/c14-11-6-10(1-2-12(11)20(15,18)19)16-13(17)9-4-7-3-8(7)5-9/h1-2,6-9H,3-5H2,(H,16,17)(H2,15,18,19). The van der Waals surface area contributed by atoms with Crippen LogP contribution in [0.1, 0.15) is 19.3 Å². The van der Waals surface area contributed by atoms with Crippen molar-refractivity contribution in [1.82, 2.24) is 0 Å². The molecule has 108 valence electrons. The van der Waals surface area contributed by atoms with Gasteiger partial charge < -0.3 is 5.32 Å². The van der Waals surface area contributed by atoms with Crippen molar-refractivity contribution in [3.05, 3.63) is 23.2 Å². The average molecular weight is 315 g/mol. The highest BCUT2D eigenvalue weighted by Crippen LogP contribution is 2.54. The number of nitrogens with two attached hydrogens (primary N) is 1. The molecule has 0 heterocycles. The van der Waals surface area contributed by atoms with Gasteiger partial charge in [0.25, 0.3) is 0 Å². The Morgan fingerprint density at radius 2 is 1.90 bits per heavy atom. The van der Waals surface area contributed by atoms with Gasteiger partial charge in [-0.15, -0.1) is 0 Å². The second kappa shape index (κ2) is 4.72. The minimum atomic E-state index is -3.84. The highest BCUT2D eigenvalue weighted by molar-refractivity contribution is 7.89. The highest BCUT2D eigenvalue weighted by Gasteiger charge is 2.47.